The predicted octanol–water partition coefficient (Wildman–Crippen LogP) is 3.75. The Bertz CT molecular complexity index is 482. The van der Waals surface area contributed by atoms with Crippen LogP contribution in [0.4, 0.5) is 0 Å². The molecule has 16 heavy (non-hydrogen) atoms. The Balaban J connectivity index is 2.45. The SMILES string of the molecule is CCC(c1cnc2ccccc2n1)C(C)Cl. The molecule has 0 amide bonds. The van der Waals surface area contributed by atoms with Gasteiger partial charge in [0.2, 0.25) is 0 Å². The number of aromatic nitrogens is 2. The summed E-state index contributed by atoms with van der Waals surface area (Å²) in [5, 5.41) is 0.0838. The fourth-order valence-electron chi connectivity index (χ4n) is 1.92. The van der Waals surface area contributed by atoms with E-state index >= 15 is 0 Å². The fraction of sp³-hybridized carbons (Fsp3) is 0.385. The Kier molecular flexibility index (Phi) is 3.39. The fourth-order valence-corrected chi connectivity index (χ4v) is 2.23. The second-order valence-corrected chi connectivity index (χ2v) is 4.66. The minimum atomic E-state index is 0.0838. The number of hydrogen-bond donors (Lipinski definition) is 0. The molecule has 0 saturated carbocycles. The molecular weight excluding hydrogens is 220 g/mol. The number of benzene rings is 1. The van der Waals surface area contributed by atoms with Crippen LogP contribution in [0.1, 0.15) is 31.9 Å². The third-order valence-electron chi connectivity index (χ3n) is 2.84. The highest BCUT2D eigenvalue weighted by Gasteiger charge is 2.17. The topological polar surface area (TPSA) is 25.8 Å². The Morgan fingerprint density at radius 2 is 1.94 bits per heavy atom. The van der Waals surface area contributed by atoms with Crippen LogP contribution in [-0.2, 0) is 0 Å². The lowest BCUT2D eigenvalue weighted by Gasteiger charge is -2.16. The minimum absolute atomic E-state index is 0.0838. The van der Waals surface area contributed by atoms with Crippen LogP contribution in [0.3, 0.4) is 0 Å². The average Bonchev–Trinajstić information content (AvgIpc) is 2.29. The summed E-state index contributed by atoms with van der Waals surface area (Å²) >= 11 is 6.16. The third-order valence-corrected chi connectivity index (χ3v) is 3.15. The number of para-hydroxylation sites is 2. The van der Waals surface area contributed by atoms with Gasteiger partial charge in [-0.25, -0.2) is 4.98 Å². The molecule has 0 spiro atoms. The standard InChI is InChI=1S/C13H15ClN2/c1-3-10(9(2)14)13-8-15-11-6-4-5-7-12(11)16-13/h4-10H,3H2,1-2H3. The number of alkyl halides is 1. The van der Waals surface area contributed by atoms with Crippen molar-refractivity contribution in [1.29, 1.82) is 0 Å². The smallest absolute Gasteiger partial charge is 0.0890 e. The molecule has 1 aromatic heterocycles. The van der Waals surface area contributed by atoms with Crippen LogP contribution in [0, 0.1) is 0 Å². The summed E-state index contributed by atoms with van der Waals surface area (Å²) in [6, 6.07) is 7.90. The Labute approximate surface area is 101 Å². The number of fused-ring (bicyclic) bond motifs is 1. The molecule has 1 heterocycles. The van der Waals surface area contributed by atoms with Crippen molar-refractivity contribution in [2.45, 2.75) is 31.6 Å². The van der Waals surface area contributed by atoms with E-state index < -0.39 is 0 Å². The predicted molar refractivity (Wildman–Crippen MR) is 67.9 cm³/mol. The second kappa shape index (κ2) is 4.79. The Hall–Kier alpha value is -1.15. The molecule has 2 rings (SSSR count). The molecule has 0 aliphatic rings. The van der Waals surface area contributed by atoms with Gasteiger partial charge in [-0.1, -0.05) is 19.1 Å². The number of nitrogens with zero attached hydrogens (tertiary/aromatic N) is 2. The monoisotopic (exact) mass is 234 g/mol. The van der Waals surface area contributed by atoms with Gasteiger partial charge in [0.05, 0.1) is 16.7 Å². The summed E-state index contributed by atoms with van der Waals surface area (Å²) in [6.45, 7) is 4.13. The van der Waals surface area contributed by atoms with Gasteiger partial charge in [-0.15, -0.1) is 11.6 Å². The van der Waals surface area contributed by atoms with Crippen molar-refractivity contribution >= 4 is 22.6 Å². The lowest BCUT2D eigenvalue weighted by molar-refractivity contribution is 0.630. The maximum atomic E-state index is 6.16. The van der Waals surface area contributed by atoms with E-state index in [9.17, 15) is 0 Å². The van der Waals surface area contributed by atoms with E-state index in [1.54, 1.807) is 0 Å². The van der Waals surface area contributed by atoms with Gasteiger partial charge in [0.25, 0.3) is 0 Å². The number of rotatable bonds is 3. The van der Waals surface area contributed by atoms with Crippen molar-refractivity contribution in [3.63, 3.8) is 0 Å². The highest BCUT2D eigenvalue weighted by atomic mass is 35.5. The number of hydrogen-bond acceptors (Lipinski definition) is 2. The van der Waals surface area contributed by atoms with Gasteiger partial charge in [-0.3, -0.25) is 4.98 Å². The molecule has 84 valence electrons. The molecule has 2 unspecified atom stereocenters. The lowest BCUT2D eigenvalue weighted by Crippen LogP contribution is -2.10. The summed E-state index contributed by atoms with van der Waals surface area (Å²) in [4.78, 5) is 9.03. The van der Waals surface area contributed by atoms with Crippen LogP contribution in [0.2, 0.25) is 0 Å². The molecule has 0 N–H and O–H groups in total. The summed E-state index contributed by atoms with van der Waals surface area (Å²) in [7, 11) is 0. The molecular formula is C13H15ClN2. The third kappa shape index (κ3) is 2.17. The van der Waals surface area contributed by atoms with E-state index in [1.165, 1.54) is 0 Å². The first-order chi connectivity index (χ1) is 7.72. The molecule has 0 saturated heterocycles. The summed E-state index contributed by atoms with van der Waals surface area (Å²) in [6.07, 6.45) is 2.83. The van der Waals surface area contributed by atoms with E-state index in [0.717, 1.165) is 23.1 Å². The molecule has 0 radical (unpaired) electrons. The molecule has 2 atom stereocenters. The van der Waals surface area contributed by atoms with Crippen LogP contribution in [-0.4, -0.2) is 15.3 Å². The van der Waals surface area contributed by atoms with Gasteiger partial charge in [0.15, 0.2) is 0 Å². The van der Waals surface area contributed by atoms with Crippen molar-refractivity contribution in [2.24, 2.45) is 0 Å². The molecule has 0 fully saturated rings. The zero-order valence-corrected chi connectivity index (χ0v) is 10.3. The average molecular weight is 235 g/mol. The highest BCUT2D eigenvalue weighted by Crippen LogP contribution is 2.25. The van der Waals surface area contributed by atoms with Gasteiger partial charge >= 0.3 is 0 Å². The van der Waals surface area contributed by atoms with Crippen LogP contribution in [0.5, 0.6) is 0 Å². The minimum Gasteiger partial charge on any atom is -0.253 e. The summed E-state index contributed by atoms with van der Waals surface area (Å²) in [5.41, 5.74) is 2.86. The van der Waals surface area contributed by atoms with Crippen molar-refractivity contribution in [3.05, 3.63) is 36.2 Å². The zero-order chi connectivity index (χ0) is 11.5. The second-order valence-electron chi connectivity index (χ2n) is 3.98. The van der Waals surface area contributed by atoms with Crippen LogP contribution in [0.15, 0.2) is 30.5 Å². The van der Waals surface area contributed by atoms with E-state index in [-0.39, 0.29) is 11.3 Å². The number of halogens is 1. The summed E-state index contributed by atoms with van der Waals surface area (Å²) in [5.74, 6) is 0.277. The van der Waals surface area contributed by atoms with Crippen LogP contribution >= 0.6 is 11.6 Å². The van der Waals surface area contributed by atoms with Gasteiger partial charge in [0.1, 0.15) is 0 Å². The summed E-state index contributed by atoms with van der Waals surface area (Å²) < 4.78 is 0. The first kappa shape index (κ1) is 11.3. The molecule has 0 bridgehead atoms. The molecule has 2 aromatic rings. The zero-order valence-electron chi connectivity index (χ0n) is 9.52. The lowest BCUT2D eigenvalue weighted by atomic mass is 9.99. The van der Waals surface area contributed by atoms with Gasteiger partial charge in [-0.2, -0.15) is 0 Å². The van der Waals surface area contributed by atoms with Crippen molar-refractivity contribution < 1.29 is 0 Å². The molecule has 0 aliphatic carbocycles. The molecule has 0 aliphatic heterocycles. The van der Waals surface area contributed by atoms with E-state index in [1.807, 2.05) is 37.4 Å². The van der Waals surface area contributed by atoms with Crippen LogP contribution in [0.25, 0.3) is 11.0 Å². The largest absolute Gasteiger partial charge is 0.253 e. The van der Waals surface area contributed by atoms with Gasteiger partial charge in [0, 0.05) is 17.5 Å². The molecule has 3 heteroatoms. The molecule has 2 nitrogen and oxygen atoms in total. The van der Waals surface area contributed by atoms with Crippen molar-refractivity contribution in [2.75, 3.05) is 0 Å². The first-order valence-electron chi connectivity index (χ1n) is 5.58. The van der Waals surface area contributed by atoms with E-state index in [0.29, 0.717) is 0 Å². The van der Waals surface area contributed by atoms with Crippen LogP contribution < -0.4 is 0 Å². The van der Waals surface area contributed by atoms with Gasteiger partial charge < -0.3 is 0 Å². The van der Waals surface area contributed by atoms with E-state index in [4.69, 9.17) is 11.6 Å². The normalized spacial score (nSPS) is 14.9. The highest BCUT2D eigenvalue weighted by molar-refractivity contribution is 6.20. The van der Waals surface area contributed by atoms with Gasteiger partial charge in [-0.05, 0) is 25.5 Å². The Morgan fingerprint density at radius 3 is 2.56 bits per heavy atom. The van der Waals surface area contributed by atoms with Crippen molar-refractivity contribution in [1.82, 2.24) is 9.97 Å². The Morgan fingerprint density at radius 1 is 1.25 bits per heavy atom. The van der Waals surface area contributed by atoms with Crippen molar-refractivity contribution in [3.8, 4) is 0 Å². The maximum absolute atomic E-state index is 6.16. The quantitative estimate of drug-likeness (QED) is 0.756. The van der Waals surface area contributed by atoms with E-state index in [2.05, 4.69) is 16.9 Å². The molecule has 1 aromatic carbocycles. The first-order valence-corrected chi connectivity index (χ1v) is 6.01. The maximum Gasteiger partial charge on any atom is 0.0890 e.